The van der Waals surface area contributed by atoms with Crippen molar-refractivity contribution in [1.29, 1.82) is 0 Å². The number of benzene rings is 1. The van der Waals surface area contributed by atoms with E-state index in [1.165, 1.54) is 12.8 Å². The summed E-state index contributed by atoms with van der Waals surface area (Å²) in [6.45, 7) is 0. The number of aromatic amines is 1. The van der Waals surface area contributed by atoms with Crippen molar-refractivity contribution in [2.75, 3.05) is 0 Å². The molecule has 0 radical (unpaired) electrons. The van der Waals surface area contributed by atoms with E-state index < -0.39 is 0 Å². The molecule has 3 rings (SSSR count). The molecule has 1 heterocycles. The number of rotatable bonds is 3. The molecule has 0 spiro atoms. The monoisotopic (exact) mass is 214 g/mol. The fraction of sp³-hybridized carbons (Fsp3) is 0.308. The van der Waals surface area contributed by atoms with Gasteiger partial charge in [-0.2, -0.15) is 0 Å². The molecule has 0 saturated heterocycles. The number of aromatic nitrogens is 2. The Balaban J connectivity index is 1.95. The van der Waals surface area contributed by atoms with Gasteiger partial charge in [0.15, 0.2) is 0 Å². The van der Waals surface area contributed by atoms with Gasteiger partial charge < -0.3 is 0 Å². The Hall–Kier alpha value is -1.77. The first-order valence-corrected chi connectivity index (χ1v) is 5.69. The molecule has 0 unspecified atom stereocenters. The molecule has 16 heavy (non-hydrogen) atoms. The van der Waals surface area contributed by atoms with E-state index in [9.17, 15) is 4.79 Å². The Morgan fingerprint density at radius 2 is 2.00 bits per heavy atom. The molecule has 1 aliphatic rings. The van der Waals surface area contributed by atoms with Crippen LogP contribution in [0.4, 0.5) is 0 Å². The molecular weight excluding hydrogens is 200 g/mol. The lowest BCUT2D eigenvalue weighted by Crippen LogP contribution is -2.12. The summed E-state index contributed by atoms with van der Waals surface area (Å²) in [5.74, 6) is 0.794. The topological polar surface area (TPSA) is 37.8 Å². The van der Waals surface area contributed by atoms with Gasteiger partial charge in [-0.15, -0.1) is 0 Å². The standard InChI is InChI=1S/C13H14N2O/c16-13-9-11(8-10-6-7-10)14-15(13)12-4-2-1-3-5-12/h1-5,9-10,14H,6-8H2. The maximum absolute atomic E-state index is 11.8. The Bertz CT molecular complexity index is 535. The van der Waals surface area contributed by atoms with Gasteiger partial charge in [0, 0.05) is 11.8 Å². The summed E-state index contributed by atoms with van der Waals surface area (Å²) >= 11 is 0. The molecule has 1 aliphatic carbocycles. The number of para-hydroxylation sites is 1. The Kier molecular flexibility index (Phi) is 2.17. The lowest BCUT2D eigenvalue weighted by Gasteiger charge is -2.00. The predicted molar refractivity (Wildman–Crippen MR) is 62.8 cm³/mol. The van der Waals surface area contributed by atoms with Crippen molar-refractivity contribution in [3.8, 4) is 5.69 Å². The van der Waals surface area contributed by atoms with Gasteiger partial charge in [-0.05, 0) is 37.3 Å². The third-order valence-corrected chi connectivity index (χ3v) is 2.99. The van der Waals surface area contributed by atoms with Crippen LogP contribution >= 0.6 is 0 Å². The Morgan fingerprint density at radius 3 is 2.69 bits per heavy atom. The van der Waals surface area contributed by atoms with Crippen LogP contribution in [-0.4, -0.2) is 9.78 Å². The highest BCUT2D eigenvalue weighted by Crippen LogP contribution is 2.31. The molecular formula is C13H14N2O. The van der Waals surface area contributed by atoms with Gasteiger partial charge in [0.25, 0.3) is 5.56 Å². The summed E-state index contributed by atoms with van der Waals surface area (Å²) in [6, 6.07) is 11.4. The summed E-state index contributed by atoms with van der Waals surface area (Å²) in [5, 5.41) is 3.17. The van der Waals surface area contributed by atoms with E-state index >= 15 is 0 Å². The fourth-order valence-electron chi connectivity index (χ4n) is 1.95. The zero-order valence-corrected chi connectivity index (χ0v) is 9.02. The van der Waals surface area contributed by atoms with Gasteiger partial charge >= 0.3 is 0 Å². The van der Waals surface area contributed by atoms with Crippen LogP contribution in [0.5, 0.6) is 0 Å². The molecule has 1 fully saturated rings. The van der Waals surface area contributed by atoms with E-state index in [1.54, 1.807) is 10.7 Å². The van der Waals surface area contributed by atoms with Gasteiger partial charge in [-0.3, -0.25) is 9.89 Å². The predicted octanol–water partition coefficient (Wildman–Crippen LogP) is 2.12. The van der Waals surface area contributed by atoms with Gasteiger partial charge in [0.05, 0.1) is 5.69 Å². The normalized spacial score (nSPS) is 15.2. The average molecular weight is 214 g/mol. The van der Waals surface area contributed by atoms with Crippen LogP contribution in [0, 0.1) is 5.92 Å². The maximum atomic E-state index is 11.8. The molecule has 0 aliphatic heterocycles. The van der Waals surface area contributed by atoms with Crippen molar-refractivity contribution in [2.45, 2.75) is 19.3 Å². The Morgan fingerprint density at radius 1 is 1.25 bits per heavy atom. The van der Waals surface area contributed by atoms with Crippen molar-refractivity contribution >= 4 is 0 Å². The molecule has 82 valence electrons. The minimum atomic E-state index is 0.0295. The van der Waals surface area contributed by atoms with Crippen LogP contribution in [0.3, 0.4) is 0 Å². The molecule has 1 aromatic carbocycles. The third-order valence-electron chi connectivity index (χ3n) is 2.99. The maximum Gasteiger partial charge on any atom is 0.271 e. The zero-order valence-electron chi connectivity index (χ0n) is 9.02. The average Bonchev–Trinajstić information content (AvgIpc) is 3.03. The molecule has 1 saturated carbocycles. The fourth-order valence-corrected chi connectivity index (χ4v) is 1.95. The SMILES string of the molecule is O=c1cc(CC2CC2)[nH]n1-c1ccccc1. The minimum absolute atomic E-state index is 0.0295. The summed E-state index contributed by atoms with van der Waals surface area (Å²) in [5.41, 5.74) is 1.98. The lowest BCUT2D eigenvalue weighted by molar-refractivity contribution is 0.759. The van der Waals surface area contributed by atoms with E-state index in [0.717, 1.165) is 23.7 Å². The van der Waals surface area contributed by atoms with Crippen LogP contribution in [0.1, 0.15) is 18.5 Å². The quantitative estimate of drug-likeness (QED) is 0.835. The van der Waals surface area contributed by atoms with Gasteiger partial charge in [0.1, 0.15) is 0 Å². The first-order valence-electron chi connectivity index (χ1n) is 5.69. The number of nitrogens with one attached hydrogen (secondary N) is 1. The van der Waals surface area contributed by atoms with Crippen molar-refractivity contribution in [3.63, 3.8) is 0 Å². The van der Waals surface area contributed by atoms with Crippen LogP contribution in [0.25, 0.3) is 5.69 Å². The number of nitrogens with zero attached hydrogens (tertiary/aromatic N) is 1. The first-order chi connectivity index (χ1) is 7.83. The molecule has 0 amide bonds. The van der Waals surface area contributed by atoms with E-state index in [0.29, 0.717) is 0 Å². The Labute approximate surface area is 93.7 Å². The van der Waals surface area contributed by atoms with Crippen molar-refractivity contribution in [3.05, 3.63) is 52.4 Å². The lowest BCUT2D eigenvalue weighted by atomic mass is 10.2. The first kappa shape index (κ1) is 9.46. The van der Waals surface area contributed by atoms with Crippen molar-refractivity contribution in [1.82, 2.24) is 9.78 Å². The molecule has 0 atom stereocenters. The van der Waals surface area contributed by atoms with E-state index in [4.69, 9.17) is 0 Å². The van der Waals surface area contributed by atoms with E-state index in [1.807, 2.05) is 30.3 Å². The summed E-state index contributed by atoms with van der Waals surface area (Å²) in [7, 11) is 0. The molecule has 2 aromatic rings. The second kappa shape index (κ2) is 3.67. The summed E-state index contributed by atoms with van der Waals surface area (Å²) < 4.78 is 1.61. The van der Waals surface area contributed by atoms with Crippen LogP contribution < -0.4 is 5.56 Å². The highest BCUT2D eigenvalue weighted by molar-refractivity contribution is 5.30. The number of H-pyrrole nitrogens is 1. The number of hydrogen-bond acceptors (Lipinski definition) is 1. The molecule has 0 bridgehead atoms. The molecule has 1 N–H and O–H groups in total. The van der Waals surface area contributed by atoms with Crippen molar-refractivity contribution < 1.29 is 0 Å². The molecule has 3 heteroatoms. The van der Waals surface area contributed by atoms with Gasteiger partial charge in [-0.25, -0.2) is 4.68 Å². The minimum Gasteiger partial charge on any atom is -0.295 e. The van der Waals surface area contributed by atoms with Gasteiger partial charge in [0.2, 0.25) is 0 Å². The molecule has 1 aromatic heterocycles. The summed E-state index contributed by atoms with van der Waals surface area (Å²) in [6.07, 6.45) is 3.62. The zero-order chi connectivity index (χ0) is 11.0. The van der Waals surface area contributed by atoms with Crippen LogP contribution in [0.15, 0.2) is 41.2 Å². The van der Waals surface area contributed by atoms with Crippen LogP contribution in [-0.2, 0) is 6.42 Å². The highest BCUT2D eigenvalue weighted by Gasteiger charge is 2.22. The van der Waals surface area contributed by atoms with Crippen molar-refractivity contribution in [2.24, 2.45) is 5.92 Å². The second-order valence-corrected chi connectivity index (χ2v) is 4.44. The van der Waals surface area contributed by atoms with E-state index in [-0.39, 0.29) is 5.56 Å². The van der Waals surface area contributed by atoms with Crippen LogP contribution in [0.2, 0.25) is 0 Å². The molecule has 3 nitrogen and oxygen atoms in total. The number of hydrogen-bond donors (Lipinski definition) is 1. The van der Waals surface area contributed by atoms with E-state index in [2.05, 4.69) is 5.10 Å². The summed E-state index contributed by atoms with van der Waals surface area (Å²) in [4.78, 5) is 11.8. The smallest absolute Gasteiger partial charge is 0.271 e. The highest BCUT2D eigenvalue weighted by atomic mass is 16.1. The van der Waals surface area contributed by atoms with Gasteiger partial charge in [-0.1, -0.05) is 18.2 Å². The largest absolute Gasteiger partial charge is 0.295 e. The third kappa shape index (κ3) is 1.81. The second-order valence-electron chi connectivity index (χ2n) is 4.44.